The van der Waals surface area contributed by atoms with Gasteiger partial charge in [-0.05, 0) is 44.0 Å². The highest BCUT2D eigenvalue weighted by Crippen LogP contribution is 2.26. The molecule has 0 saturated carbocycles. The predicted octanol–water partition coefficient (Wildman–Crippen LogP) is 2.94. The second-order valence-corrected chi connectivity index (χ2v) is 5.54. The number of aromatic hydroxyl groups is 2. The number of Topliss-reactive ketones (excluding diaryl/α,β-unsaturated/α-hetero) is 1. The molecule has 1 unspecified atom stereocenters. The van der Waals surface area contributed by atoms with Crippen molar-refractivity contribution in [2.45, 2.75) is 45.1 Å². The predicted molar refractivity (Wildman–Crippen MR) is 78.2 cm³/mol. The van der Waals surface area contributed by atoms with Gasteiger partial charge in [0.15, 0.2) is 17.3 Å². The van der Waals surface area contributed by atoms with E-state index >= 15 is 0 Å². The Kier molecular flexibility index (Phi) is 5.01. The van der Waals surface area contributed by atoms with Gasteiger partial charge in [-0.2, -0.15) is 0 Å². The molecule has 20 heavy (non-hydrogen) atoms. The molecule has 1 saturated heterocycles. The van der Waals surface area contributed by atoms with Gasteiger partial charge in [0.2, 0.25) is 0 Å². The van der Waals surface area contributed by atoms with Gasteiger partial charge in [-0.3, -0.25) is 9.69 Å². The van der Waals surface area contributed by atoms with Crippen LogP contribution in [0.3, 0.4) is 0 Å². The molecule has 1 atom stereocenters. The summed E-state index contributed by atoms with van der Waals surface area (Å²) in [6.07, 6.45) is 5.83. The van der Waals surface area contributed by atoms with Crippen molar-refractivity contribution < 1.29 is 15.0 Å². The molecule has 1 aliphatic rings. The molecule has 1 aromatic carbocycles. The van der Waals surface area contributed by atoms with E-state index in [9.17, 15) is 15.0 Å². The maximum Gasteiger partial charge on any atom is 0.176 e. The van der Waals surface area contributed by atoms with Crippen molar-refractivity contribution >= 4 is 5.78 Å². The van der Waals surface area contributed by atoms with Crippen LogP contribution in [-0.4, -0.2) is 40.0 Å². The van der Waals surface area contributed by atoms with Crippen LogP contribution in [0.15, 0.2) is 18.2 Å². The molecule has 1 aliphatic heterocycles. The van der Waals surface area contributed by atoms with E-state index in [0.717, 1.165) is 25.8 Å². The lowest BCUT2D eigenvalue weighted by atomic mass is 9.97. The fourth-order valence-corrected chi connectivity index (χ4v) is 2.90. The SMILES string of the molecule is CCCC1CCCCN1CC(=O)c1ccc(O)c(O)c1. The third-order valence-corrected chi connectivity index (χ3v) is 4.02. The van der Waals surface area contributed by atoms with Crippen LogP contribution in [-0.2, 0) is 0 Å². The Morgan fingerprint density at radius 3 is 2.80 bits per heavy atom. The van der Waals surface area contributed by atoms with Crippen molar-refractivity contribution in [1.82, 2.24) is 4.90 Å². The molecular weight excluding hydrogens is 254 g/mol. The molecular formula is C16H23NO3. The average Bonchev–Trinajstić information content (AvgIpc) is 2.44. The topological polar surface area (TPSA) is 60.8 Å². The van der Waals surface area contributed by atoms with E-state index in [4.69, 9.17) is 0 Å². The summed E-state index contributed by atoms with van der Waals surface area (Å²) in [4.78, 5) is 14.6. The van der Waals surface area contributed by atoms with Crippen molar-refractivity contribution in [2.24, 2.45) is 0 Å². The third-order valence-electron chi connectivity index (χ3n) is 4.02. The van der Waals surface area contributed by atoms with Gasteiger partial charge in [-0.15, -0.1) is 0 Å². The molecule has 0 spiro atoms. The van der Waals surface area contributed by atoms with E-state index in [1.807, 2.05) is 0 Å². The number of phenolic OH excluding ortho intramolecular Hbond substituents is 2. The van der Waals surface area contributed by atoms with E-state index in [-0.39, 0.29) is 17.3 Å². The lowest BCUT2D eigenvalue weighted by molar-refractivity contribution is 0.0830. The molecule has 2 rings (SSSR count). The summed E-state index contributed by atoms with van der Waals surface area (Å²) < 4.78 is 0. The molecule has 110 valence electrons. The van der Waals surface area contributed by atoms with E-state index < -0.39 is 0 Å². The zero-order chi connectivity index (χ0) is 14.5. The number of likely N-dealkylation sites (tertiary alicyclic amines) is 1. The minimum absolute atomic E-state index is 0.00306. The summed E-state index contributed by atoms with van der Waals surface area (Å²) in [5, 5.41) is 18.8. The smallest absolute Gasteiger partial charge is 0.176 e. The Labute approximate surface area is 120 Å². The summed E-state index contributed by atoms with van der Waals surface area (Å²) >= 11 is 0. The summed E-state index contributed by atoms with van der Waals surface area (Å²) in [5.74, 6) is -0.425. The first-order chi connectivity index (χ1) is 9.61. The Hall–Kier alpha value is -1.55. The Morgan fingerprint density at radius 1 is 1.30 bits per heavy atom. The van der Waals surface area contributed by atoms with E-state index in [2.05, 4.69) is 11.8 Å². The molecule has 0 amide bonds. The highest BCUT2D eigenvalue weighted by molar-refractivity contribution is 5.98. The van der Waals surface area contributed by atoms with Gasteiger partial charge < -0.3 is 10.2 Å². The first-order valence-electron chi connectivity index (χ1n) is 7.41. The number of rotatable bonds is 5. The molecule has 0 aliphatic carbocycles. The lowest BCUT2D eigenvalue weighted by Crippen LogP contribution is -2.42. The average molecular weight is 277 g/mol. The van der Waals surface area contributed by atoms with Crippen molar-refractivity contribution in [3.05, 3.63) is 23.8 Å². The first-order valence-corrected chi connectivity index (χ1v) is 7.41. The molecule has 0 bridgehead atoms. The van der Waals surface area contributed by atoms with E-state index in [1.165, 1.54) is 25.0 Å². The quantitative estimate of drug-likeness (QED) is 0.641. The van der Waals surface area contributed by atoms with E-state index in [1.54, 1.807) is 6.07 Å². The Bertz CT molecular complexity index is 471. The minimum Gasteiger partial charge on any atom is -0.504 e. The maximum atomic E-state index is 12.3. The summed E-state index contributed by atoms with van der Waals surface area (Å²) in [5.41, 5.74) is 0.459. The second kappa shape index (κ2) is 6.75. The van der Waals surface area contributed by atoms with Crippen molar-refractivity contribution in [3.8, 4) is 11.5 Å². The number of hydrogen-bond donors (Lipinski definition) is 2. The number of piperidine rings is 1. The van der Waals surface area contributed by atoms with Crippen molar-refractivity contribution in [2.75, 3.05) is 13.1 Å². The van der Waals surface area contributed by atoms with Gasteiger partial charge in [0.25, 0.3) is 0 Å². The monoisotopic (exact) mass is 277 g/mol. The fraction of sp³-hybridized carbons (Fsp3) is 0.562. The van der Waals surface area contributed by atoms with Gasteiger partial charge >= 0.3 is 0 Å². The lowest BCUT2D eigenvalue weighted by Gasteiger charge is -2.35. The maximum absolute atomic E-state index is 12.3. The summed E-state index contributed by atoms with van der Waals surface area (Å²) in [7, 11) is 0. The molecule has 0 aromatic heterocycles. The van der Waals surface area contributed by atoms with Gasteiger partial charge in [0, 0.05) is 11.6 Å². The summed E-state index contributed by atoms with van der Waals surface area (Å²) in [6, 6.07) is 4.78. The highest BCUT2D eigenvalue weighted by Gasteiger charge is 2.24. The molecule has 0 radical (unpaired) electrons. The minimum atomic E-state index is -0.236. The van der Waals surface area contributed by atoms with Crippen LogP contribution in [0.1, 0.15) is 49.4 Å². The number of carbonyl (C=O) groups is 1. The number of hydrogen-bond acceptors (Lipinski definition) is 4. The number of phenols is 2. The zero-order valence-corrected chi connectivity index (χ0v) is 12.0. The van der Waals surface area contributed by atoms with Crippen molar-refractivity contribution in [3.63, 3.8) is 0 Å². The van der Waals surface area contributed by atoms with Crippen LogP contribution in [0.5, 0.6) is 11.5 Å². The highest BCUT2D eigenvalue weighted by atomic mass is 16.3. The van der Waals surface area contributed by atoms with Crippen LogP contribution in [0.25, 0.3) is 0 Å². The fourth-order valence-electron chi connectivity index (χ4n) is 2.90. The number of benzene rings is 1. The molecule has 1 aromatic rings. The van der Waals surface area contributed by atoms with Crippen LogP contribution in [0.4, 0.5) is 0 Å². The largest absolute Gasteiger partial charge is 0.504 e. The first kappa shape index (κ1) is 14.9. The molecule has 1 fully saturated rings. The number of ketones is 1. The normalized spacial score (nSPS) is 19.9. The van der Waals surface area contributed by atoms with Crippen LogP contribution in [0, 0.1) is 0 Å². The molecule has 4 heteroatoms. The van der Waals surface area contributed by atoms with Crippen LogP contribution < -0.4 is 0 Å². The Morgan fingerprint density at radius 2 is 2.10 bits per heavy atom. The molecule has 1 heterocycles. The standard InChI is InChI=1S/C16H23NO3/c1-2-5-13-6-3-4-9-17(13)11-16(20)12-7-8-14(18)15(19)10-12/h7-8,10,13,18-19H,2-6,9,11H2,1H3. The van der Waals surface area contributed by atoms with Crippen molar-refractivity contribution in [1.29, 1.82) is 0 Å². The number of nitrogens with zero attached hydrogens (tertiary/aromatic N) is 1. The van der Waals surface area contributed by atoms with Crippen LogP contribution >= 0.6 is 0 Å². The Balaban J connectivity index is 2.03. The molecule has 2 N–H and O–H groups in total. The summed E-state index contributed by atoms with van der Waals surface area (Å²) in [6.45, 7) is 3.54. The van der Waals surface area contributed by atoms with Gasteiger partial charge in [0.1, 0.15) is 0 Å². The van der Waals surface area contributed by atoms with Gasteiger partial charge in [-0.25, -0.2) is 0 Å². The van der Waals surface area contributed by atoms with Crippen LogP contribution in [0.2, 0.25) is 0 Å². The second-order valence-electron chi connectivity index (χ2n) is 5.54. The third kappa shape index (κ3) is 3.51. The van der Waals surface area contributed by atoms with Gasteiger partial charge in [0.05, 0.1) is 6.54 Å². The van der Waals surface area contributed by atoms with Gasteiger partial charge in [-0.1, -0.05) is 19.8 Å². The number of carbonyl (C=O) groups excluding carboxylic acids is 1. The van der Waals surface area contributed by atoms with E-state index in [0.29, 0.717) is 18.2 Å². The zero-order valence-electron chi connectivity index (χ0n) is 12.0. The molecule has 4 nitrogen and oxygen atoms in total.